The molecule has 2 aromatic carbocycles. The van der Waals surface area contributed by atoms with E-state index < -0.39 is 60.2 Å². The Hall–Kier alpha value is -5.27. The first-order valence-electron chi connectivity index (χ1n) is 19.6. The first kappa shape index (κ1) is 40.9. The third-order valence-electron chi connectivity index (χ3n) is 10.7. The molecule has 5 rings (SSSR count). The van der Waals surface area contributed by atoms with Gasteiger partial charge in [-0.25, -0.2) is 4.79 Å². The van der Waals surface area contributed by atoms with Crippen LogP contribution < -0.4 is 26.0 Å². The molecule has 1 aliphatic carbocycles. The highest BCUT2D eigenvalue weighted by Gasteiger charge is 2.42. The van der Waals surface area contributed by atoms with Crippen molar-refractivity contribution in [2.24, 2.45) is 5.92 Å². The lowest BCUT2D eigenvalue weighted by Gasteiger charge is -2.40. The van der Waals surface area contributed by atoms with Crippen LogP contribution in [0, 0.1) is 5.92 Å². The van der Waals surface area contributed by atoms with E-state index in [0.717, 1.165) is 62.5 Å². The van der Waals surface area contributed by atoms with Crippen LogP contribution in [0.15, 0.2) is 48.5 Å². The Balaban J connectivity index is 1.33. The molecule has 1 fully saturated rings. The van der Waals surface area contributed by atoms with Crippen LogP contribution in [0.4, 0.5) is 0 Å². The number of carbonyl (C=O) groups is 7. The van der Waals surface area contributed by atoms with Gasteiger partial charge in [0.05, 0.1) is 19.2 Å². The number of ether oxygens (including phenoxy) is 1. The number of amides is 5. The van der Waals surface area contributed by atoms with Gasteiger partial charge in [0.2, 0.25) is 29.4 Å². The van der Waals surface area contributed by atoms with Crippen molar-refractivity contribution >= 4 is 41.3 Å². The topological polar surface area (TPSA) is 200 Å². The summed E-state index contributed by atoms with van der Waals surface area (Å²) in [6.45, 7) is 1.72. The number of carboxylic acid groups (broad SMARTS) is 1. The van der Waals surface area contributed by atoms with Gasteiger partial charge in [-0.3, -0.25) is 28.8 Å². The molecule has 14 heteroatoms. The molecule has 3 aliphatic rings. The highest BCUT2D eigenvalue weighted by atomic mass is 16.5. The molecule has 2 heterocycles. The number of aliphatic carboxylic acids is 1. The molecule has 0 spiro atoms. The Labute approximate surface area is 321 Å². The van der Waals surface area contributed by atoms with Crippen LogP contribution in [-0.4, -0.2) is 82.6 Å². The molecule has 1 saturated carbocycles. The lowest BCUT2D eigenvalue weighted by atomic mass is 9.82. The van der Waals surface area contributed by atoms with E-state index in [9.17, 15) is 38.7 Å². The number of carbonyl (C=O) groups excluding carboxylic acids is 6. The van der Waals surface area contributed by atoms with Gasteiger partial charge in [-0.15, -0.1) is 0 Å². The normalized spacial score (nSPS) is 20.6. The van der Waals surface area contributed by atoms with E-state index in [-0.39, 0.29) is 37.1 Å². The summed E-state index contributed by atoms with van der Waals surface area (Å²) in [7, 11) is 0. The van der Waals surface area contributed by atoms with Crippen molar-refractivity contribution in [1.82, 2.24) is 26.2 Å². The molecule has 2 aromatic rings. The number of nitrogens with zero attached hydrogens (tertiary/aromatic N) is 1. The maximum atomic E-state index is 14.7. The molecule has 3 bridgehead atoms. The summed E-state index contributed by atoms with van der Waals surface area (Å²) in [6, 6.07) is 9.19. The number of ketones is 1. The van der Waals surface area contributed by atoms with Gasteiger partial charge in [0.1, 0.15) is 17.8 Å². The number of fused-ring (bicyclic) bond motifs is 2. The Morgan fingerprint density at radius 1 is 0.909 bits per heavy atom. The molecule has 5 amide bonds. The molecule has 1 unspecified atom stereocenters. The minimum absolute atomic E-state index is 0.0855. The highest BCUT2D eigenvalue weighted by Crippen LogP contribution is 2.32. The zero-order valence-corrected chi connectivity index (χ0v) is 31.5. The van der Waals surface area contributed by atoms with E-state index in [4.69, 9.17) is 4.74 Å². The van der Waals surface area contributed by atoms with Crippen LogP contribution in [0.25, 0.3) is 0 Å². The third-order valence-corrected chi connectivity index (χ3v) is 10.7. The van der Waals surface area contributed by atoms with E-state index in [1.807, 2.05) is 18.2 Å². The number of benzene rings is 2. The Morgan fingerprint density at radius 3 is 2.36 bits per heavy atom. The van der Waals surface area contributed by atoms with Gasteiger partial charge in [-0.05, 0) is 66.8 Å². The highest BCUT2D eigenvalue weighted by molar-refractivity contribution is 6.38. The number of rotatable bonds is 12. The van der Waals surface area contributed by atoms with Crippen molar-refractivity contribution in [2.75, 3.05) is 13.2 Å². The van der Waals surface area contributed by atoms with Gasteiger partial charge in [-0.1, -0.05) is 81.8 Å². The smallest absolute Gasteiger partial charge is 0.330 e. The van der Waals surface area contributed by atoms with Crippen LogP contribution >= 0.6 is 0 Å². The van der Waals surface area contributed by atoms with Crippen molar-refractivity contribution in [2.45, 2.75) is 121 Å². The lowest BCUT2D eigenvalue weighted by Crippen LogP contribution is -2.61. The first-order valence-corrected chi connectivity index (χ1v) is 19.6. The second kappa shape index (κ2) is 19.9. The van der Waals surface area contributed by atoms with Crippen LogP contribution in [0.3, 0.4) is 0 Å². The average Bonchev–Trinajstić information content (AvgIpc) is 3.19. The van der Waals surface area contributed by atoms with E-state index in [0.29, 0.717) is 37.2 Å². The second-order valence-electron chi connectivity index (χ2n) is 14.7. The fourth-order valence-corrected chi connectivity index (χ4v) is 7.70. The molecule has 0 saturated heterocycles. The van der Waals surface area contributed by atoms with Gasteiger partial charge in [0.25, 0.3) is 5.91 Å². The predicted octanol–water partition coefficient (Wildman–Crippen LogP) is 3.26. The molecule has 55 heavy (non-hydrogen) atoms. The van der Waals surface area contributed by atoms with Gasteiger partial charge in [-0.2, -0.15) is 0 Å². The Kier molecular flexibility index (Phi) is 14.8. The molecular weight excluding hydrogens is 706 g/mol. The summed E-state index contributed by atoms with van der Waals surface area (Å²) in [5, 5.41) is 20.0. The number of nitrogens with one attached hydrogen (secondary N) is 4. The monoisotopic (exact) mass is 759 g/mol. The van der Waals surface area contributed by atoms with Crippen molar-refractivity contribution in [3.8, 4) is 5.75 Å². The Bertz CT molecular complexity index is 1710. The molecule has 0 aromatic heterocycles. The van der Waals surface area contributed by atoms with Crippen LogP contribution in [0.5, 0.6) is 5.75 Å². The SMILES string of the molecule is CCC[C@H](NC(=O)C1Cc2ccc3cc2CN1C(=O)[C@H](C1CCCCC1)NC(=O)CCCCCCO3)C(=O)C(=O)NCC(=O)N[C@H](C(=O)O)c1ccccc1. The van der Waals surface area contributed by atoms with Crippen molar-refractivity contribution in [3.63, 3.8) is 0 Å². The van der Waals surface area contributed by atoms with Crippen molar-refractivity contribution in [1.29, 1.82) is 0 Å². The van der Waals surface area contributed by atoms with Gasteiger partial charge in [0.15, 0.2) is 6.04 Å². The largest absolute Gasteiger partial charge is 0.494 e. The number of hydrogen-bond acceptors (Lipinski definition) is 8. The fraction of sp³-hybridized carbons (Fsp3) is 0.537. The first-order chi connectivity index (χ1) is 26.5. The number of carboxylic acids is 1. The summed E-state index contributed by atoms with van der Waals surface area (Å²) >= 11 is 0. The third kappa shape index (κ3) is 11.1. The van der Waals surface area contributed by atoms with E-state index in [1.165, 1.54) is 4.90 Å². The average molecular weight is 760 g/mol. The van der Waals surface area contributed by atoms with Crippen LogP contribution in [0.1, 0.15) is 107 Å². The minimum atomic E-state index is -1.37. The standard InChI is InChI=1S/C41H53N5O9/c1-2-13-31(37(49)39(51)42-24-34(48)45-36(41(53)54)27-16-9-6-10-17-27)43-38(50)32-23-28-19-20-30-22-29(28)25-46(32)40(52)35(26-14-7-5-8-15-26)44-33(47)18-11-3-4-12-21-55-30/h6,9-10,16-17,19-20,22,26,31-32,35-36H,2-5,7-8,11-15,18,21,23-25H2,1H3,(H,42,51)(H,43,50)(H,44,47)(H,45,48)(H,53,54)/t31-,32?,35-,36-/m0/s1. The summed E-state index contributed by atoms with van der Waals surface area (Å²) in [5.74, 6) is -4.81. The zero-order chi connectivity index (χ0) is 39.3. The summed E-state index contributed by atoms with van der Waals surface area (Å²) in [6.07, 6.45) is 8.78. The van der Waals surface area contributed by atoms with Gasteiger partial charge < -0.3 is 36.0 Å². The van der Waals surface area contributed by atoms with Crippen LogP contribution in [-0.2, 0) is 46.5 Å². The van der Waals surface area contributed by atoms with Gasteiger partial charge >= 0.3 is 5.97 Å². The zero-order valence-electron chi connectivity index (χ0n) is 31.5. The molecule has 14 nitrogen and oxygen atoms in total. The summed E-state index contributed by atoms with van der Waals surface area (Å²) in [4.78, 5) is 94.6. The maximum Gasteiger partial charge on any atom is 0.330 e. The Morgan fingerprint density at radius 2 is 1.64 bits per heavy atom. The minimum Gasteiger partial charge on any atom is -0.494 e. The molecule has 4 atom stereocenters. The molecule has 296 valence electrons. The van der Waals surface area contributed by atoms with Crippen LogP contribution in [0.2, 0.25) is 0 Å². The summed E-state index contributed by atoms with van der Waals surface area (Å²) in [5.41, 5.74) is 2.00. The van der Waals surface area contributed by atoms with Gasteiger partial charge in [0, 0.05) is 19.4 Å². The molecule has 5 N–H and O–H groups in total. The van der Waals surface area contributed by atoms with E-state index in [2.05, 4.69) is 21.3 Å². The number of hydrogen-bond donors (Lipinski definition) is 5. The second-order valence-corrected chi connectivity index (χ2v) is 14.7. The van der Waals surface area contributed by atoms with E-state index >= 15 is 0 Å². The quantitative estimate of drug-likeness (QED) is 0.202. The maximum absolute atomic E-state index is 14.7. The summed E-state index contributed by atoms with van der Waals surface area (Å²) < 4.78 is 6.02. The fourth-order valence-electron chi connectivity index (χ4n) is 7.70. The number of Topliss-reactive ketones (excluding diaryl/α,β-unsaturated/α-hetero) is 1. The molecule has 2 aliphatic heterocycles. The van der Waals surface area contributed by atoms with Crippen molar-refractivity contribution in [3.05, 3.63) is 65.2 Å². The van der Waals surface area contributed by atoms with Crippen molar-refractivity contribution < 1.29 is 43.4 Å². The molecular formula is C41H53N5O9. The predicted molar refractivity (Wildman–Crippen MR) is 201 cm³/mol. The molecule has 0 radical (unpaired) electrons. The van der Waals surface area contributed by atoms with E-state index in [1.54, 1.807) is 37.3 Å². The lowest BCUT2D eigenvalue weighted by molar-refractivity contribution is -0.147.